The molecule has 0 aromatic heterocycles. The first-order valence-corrected chi connectivity index (χ1v) is 7.54. The molecule has 1 amide bonds. The summed E-state index contributed by atoms with van der Waals surface area (Å²) >= 11 is 0. The van der Waals surface area contributed by atoms with E-state index in [0.717, 1.165) is 45.2 Å². The maximum atomic E-state index is 12.5. The van der Waals surface area contributed by atoms with Gasteiger partial charge in [0.2, 0.25) is 5.91 Å². The predicted molar refractivity (Wildman–Crippen MR) is 72.7 cm³/mol. The van der Waals surface area contributed by atoms with Crippen LogP contribution in [-0.2, 0) is 9.59 Å². The van der Waals surface area contributed by atoms with E-state index >= 15 is 0 Å². The Hall–Kier alpha value is -1.06. The van der Waals surface area contributed by atoms with Gasteiger partial charge in [-0.05, 0) is 37.5 Å². The Bertz CT molecular complexity index is 362. The van der Waals surface area contributed by atoms with Crippen LogP contribution in [-0.4, -0.2) is 35.0 Å². The second-order valence-electron chi connectivity index (χ2n) is 6.20. The summed E-state index contributed by atoms with van der Waals surface area (Å²) in [5.74, 6) is -1.44. The van der Waals surface area contributed by atoms with Gasteiger partial charge in [-0.25, -0.2) is 0 Å². The minimum Gasteiger partial charge on any atom is -0.481 e. The van der Waals surface area contributed by atoms with Crippen molar-refractivity contribution >= 4 is 11.9 Å². The van der Waals surface area contributed by atoms with Gasteiger partial charge in [-0.2, -0.15) is 0 Å². The molecule has 2 fully saturated rings. The molecule has 0 aromatic rings. The number of carbonyl (C=O) groups is 2. The van der Waals surface area contributed by atoms with Gasteiger partial charge in [-0.1, -0.05) is 20.3 Å². The number of nitrogens with zero attached hydrogens (tertiary/aromatic N) is 1. The highest BCUT2D eigenvalue weighted by atomic mass is 16.4. The SMILES string of the molecule is CCC1(CC)CCN(C(=O)[C@@H]2CCC[C@@H]2C(=O)O)C1. The summed E-state index contributed by atoms with van der Waals surface area (Å²) in [6, 6.07) is 0. The van der Waals surface area contributed by atoms with Gasteiger partial charge < -0.3 is 10.0 Å². The molecule has 1 heterocycles. The van der Waals surface area contributed by atoms with Crippen molar-refractivity contribution in [3.05, 3.63) is 0 Å². The predicted octanol–water partition coefficient (Wildman–Crippen LogP) is 2.53. The standard InChI is InChI=1S/C15H25NO3/c1-3-15(4-2)8-9-16(10-15)13(17)11-6-5-7-12(11)14(18)19/h11-12H,3-10H2,1-2H3,(H,18,19)/t11-,12+/m1/s1. The van der Waals surface area contributed by atoms with Gasteiger partial charge in [-0.3, -0.25) is 9.59 Å². The second kappa shape index (κ2) is 5.51. The Balaban J connectivity index is 2.03. The van der Waals surface area contributed by atoms with E-state index in [1.807, 2.05) is 4.90 Å². The van der Waals surface area contributed by atoms with Crippen LogP contribution in [0.4, 0.5) is 0 Å². The molecule has 1 saturated carbocycles. The molecule has 0 aromatic carbocycles. The number of rotatable bonds is 4. The lowest BCUT2D eigenvalue weighted by atomic mass is 9.82. The van der Waals surface area contributed by atoms with Crippen LogP contribution in [0, 0.1) is 17.3 Å². The topological polar surface area (TPSA) is 57.6 Å². The lowest BCUT2D eigenvalue weighted by Gasteiger charge is -2.28. The summed E-state index contributed by atoms with van der Waals surface area (Å²) < 4.78 is 0. The molecule has 4 heteroatoms. The largest absolute Gasteiger partial charge is 0.481 e. The molecule has 1 aliphatic heterocycles. The first kappa shape index (κ1) is 14.4. The molecular weight excluding hydrogens is 242 g/mol. The fourth-order valence-corrected chi connectivity index (χ4v) is 3.74. The number of carbonyl (C=O) groups excluding carboxylic acids is 1. The maximum absolute atomic E-state index is 12.5. The summed E-state index contributed by atoms with van der Waals surface area (Å²) in [6.45, 7) is 6.01. The van der Waals surface area contributed by atoms with Gasteiger partial charge in [-0.15, -0.1) is 0 Å². The van der Waals surface area contributed by atoms with E-state index in [4.69, 9.17) is 0 Å². The molecule has 1 N–H and O–H groups in total. The molecule has 0 unspecified atom stereocenters. The first-order chi connectivity index (χ1) is 9.03. The van der Waals surface area contributed by atoms with Crippen LogP contribution in [0.5, 0.6) is 0 Å². The fraction of sp³-hybridized carbons (Fsp3) is 0.867. The van der Waals surface area contributed by atoms with E-state index < -0.39 is 11.9 Å². The molecule has 19 heavy (non-hydrogen) atoms. The van der Waals surface area contributed by atoms with E-state index in [9.17, 15) is 14.7 Å². The molecular formula is C15H25NO3. The zero-order valence-electron chi connectivity index (χ0n) is 12.0. The zero-order valence-corrected chi connectivity index (χ0v) is 12.0. The third-order valence-electron chi connectivity index (χ3n) is 5.40. The van der Waals surface area contributed by atoms with E-state index in [1.54, 1.807) is 0 Å². The summed E-state index contributed by atoms with van der Waals surface area (Å²) in [6.07, 6.45) is 5.54. The Morgan fingerprint density at radius 1 is 1.21 bits per heavy atom. The minimum absolute atomic E-state index is 0.0914. The molecule has 2 rings (SSSR count). The lowest BCUT2D eigenvalue weighted by Crippen LogP contribution is -2.39. The van der Waals surface area contributed by atoms with Gasteiger partial charge in [0.05, 0.1) is 11.8 Å². The minimum atomic E-state index is -0.799. The molecule has 2 atom stereocenters. The van der Waals surface area contributed by atoms with Crippen molar-refractivity contribution in [1.82, 2.24) is 4.90 Å². The smallest absolute Gasteiger partial charge is 0.307 e. The van der Waals surface area contributed by atoms with E-state index in [1.165, 1.54) is 0 Å². The van der Waals surface area contributed by atoms with Crippen LogP contribution in [0.2, 0.25) is 0 Å². The fourth-order valence-electron chi connectivity index (χ4n) is 3.74. The summed E-state index contributed by atoms with van der Waals surface area (Å²) in [5.41, 5.74) is 0.271. The van der Waals surface area contributed by atoms with Gasteiger partial charge in [0.25, 0.3) is 0 Å². The van der Waals surface area contributed by atoms with Crippen LogP contribution >= 0.6 is 0 Å². The molecule has 2 aliphatic rings. The number of aliphatic carboxylic acids is 1. The number of carboxylic acid groups (broad SMARTS) is 1. The van der Waals surface area contributed by atoms with Crippen molar-refractivity contribution < 1.29 is 14.7 Å². The summed E-state index contributed by atoms with van der Waals surface area (Å²) in [7, 11) is 0. The quantitative estimate of drug-likeness (QED) is 0.851. The van der Waals surface area contributed by atoms with Crippen molar-refractivity contribution in [2.45, 2.75) is 52.4 Å². The molecule has 0 radical (unpaired) electrons. The average Bonchev–Trinajstić information content (AvgIpc) is 3.05. The Kier molecular flexibility index (Phi) is 4.16. The van der Waals surface area contributed by atoms with Crippen molar-refractivity contribution in [3.63, 3.8) is 0 Å². The van der Waals surface area contributed by atoms with Crippen LogP contribution in [0.15, 0.2) is 0 Å². The number of hydrogen-bond donors (Lipinski definition) is 1. The van der Waals surface area contributed by atoms with Crippen LogP contribution in [0.25, 0.3) is 0 Å². The monoisotopic (exact) mass is 267 g/mol. The van der Waals surface area contributed by atoms with Gasteiger partial charge in [0.15, 0.2) is 0 Å². The average molecular weight is 267 g/mol. The molecule has 1 aliphatic carbocycles. The molecule has 0 bridgehead atoms. The first-order valence-electron chi connectivity index (χ1n) is 7.54. The number of carboxylic acids is 1. The van der Waals surface area contributed by atoms with Gasteiger partial charge in [0, 0.05) is 13.1 Å². The zero-order chi connectivity index (χ0) is 14.0. The Labute approximate surface area is 115 Å². The van der Waals surface area contributed by atoms with E-state index in [2.05, 4.69) is 13.8 Å². The van der Waals surface area contributed by atoms with Crippen LogP contribution in [0.1, 0.15) is 52.4 Å². The number of amides is 1. The van der Waals surface area contributed by atoms with Crippen LogP contribution < -0.4 is 0 Å². The van der Waals surface area contributed by atoms with Crippen molar-refractivity contribution in [1.29, 1.82) is 0 Å². The van der Waals surface area contributed by atoms with Gasteiger partial charge >= 0.3 is 5.97 Å². The lowest BCUT2D eigenvalue weighted by molar-refractivity contribution is -0.148. The third-order valence-corrected chi connectivity index (χ3v) is 5.40. The van der Waals surface area contributed by atoms with Crippen molar-refractivity contribution in [2.75, 3.05) is 13.1 Å². The number of hydrogen-bond acceptors (Lipinski definition) is 2. The molecule has 4 nitrogen and oxygen atoms in total. The summed E-state index contributed by atoms with van der Waals surface area (Å²) in [5, 5.41) is 9.20. The highest BCUT2D eigenvalue weighted by Gasteiger charge is 2.43. The summed E-state index contributed by atoms with van der Waals surface area (Å²) in [4.78, 5) is 25.7. The van der Waals surface area contributed by atoms with Crippen molar-refractivity contribution in [2.24, 2.45) is 17.3 Å². The normalized spacial score (nSPS) is 29.7. The molecule has 0 spiro atoms. The van der Waals surface area contributed by atoms with Crippen molar-refractivity contribution in [3.8, 4) is 0 Å². The molecule has 108 valence electrons. The van der Waals surface area contributed by atoms with E-state index in [0.29, 0.717) is 6.42 Å². The second-order valence-corrected chi connectivity index (χ2v) is 6.20. The maximum Gasteiger partial charge on any atom is 0.307 e. The third kappa shape index (κ3) is 2.63. The van der Waals surface area contributed by atoms with E-state index in [-0.39, 0.29) is 17.2 Å². The highest BCUT2D eigenvalue weighted by molar-refractivity contribution is 5.85. The Morgan fingerprint density at radius 3 is 2.37 bits per heavy atom. The highest BCUT2D eigenvalue weighted by Crippen LogP contribution is 2.40. The molecule has 1 saturated heterocycles. The Morgan fingerprint density at radius 2 is 1.84 bits per heavy atom. The van der Waals surface area contributed by atoms with Crippen LogP contribution in [0.3, 0.4) is 0 Å². The number of likely N-dealkylation sites (tertiary alicyclic amines) is 1. The van der Waals surface area contributed by atoms with Gasteiger partial charge in [0.1, 0.15) is 0 Å².